The first kappa shape index (κ1) is 11.4. The van der Waals surface area contributed by atoms with Crippen LogP contribution in [0.15, 0.2) is 0 Å². The minimum absolute atomic E-state index is 0.390. The molecule has 0 amide bonds. The zero-order valence-corrected chi connectivity index (χ0v) is 9.72. The Hall–Kier alpha value is 0.310. The highest BCUT2D eigenvalue weighted by atomic mass is 32.1. The lowest BCUT2D eigenvalue weighted by Gasteiger charge is -2.25. The Bertz CT molecular complexity index is 128. The molecule has 1 aliphatic carbocycles. The van der Waals surface area contributed by atoms with E-state index < -0.39 is 0 Å². The largest absolute Gasteiger partial charge is 0.379 e. The summed E-state index contributed by atoms with van der Waals surface area (Å²) in [7, 11) is 0. The van der Waals surface area contributed by atoms with Crippen LogP contribution in [0, 0.1) is 5.92 Å². The van der Waals surface area contributed by atoms with E-state index in [-0.39, 0.29) is 0 Å². The van der Waals surface area contributed by atoms with Crippen LogP contribution in [-0.4, -0.2) is 18.0 Å². The van der Waals surface area contributed by atoms with Gasteiger partial charge in [-0.15, -0.1) is 0 Å². The molecule has 1 fully saturated rings. The SMILES string of the molecule is CC(C)OCCC1CCC(S)CC1. The van der Waals surface area contributed by atoms with Gasteiger partial charge in [-0.25, -0.2) is 0 Å². The van der Waals surface area contributed by atoms with E-state index in [0.29, 0.717) is 11.4 Å². The minimum Gasteiger partial charge on any atom is -0.379 e. The molecule has 0 spiro atoms. The smallest absolute Gasteiger partial charge is 0.0518 e. The van der Waals surface area contributed by atoms with Crippen molar-refractivity contribution in [3.63, 3.8) is 0 Å². The molecule has 1 saturated carbocycles. The van der Waals surface area contributed by atoms with Gasteiger partial charge < -0.3 is 4.74 Å². The maximum atomic E-state index is 5.55. The van der Waals surface area contributed by atoms with Crippen LogP contribution >= 0.6 is 12.6 Å². The van der Waals surface area contributed by atoms with E-state index in [1.807, 2.05) is 0 Å². The summed E-state index contributed by atoms with van der Waals surface area (Å²) in [4.78, 5) is 0. The Morgan fingerprint density at radius 1 is 1.23 bits per heavy atom. The van der Waals surface area contributed by atoms with E-state index in [1.165, 1.54) is 32.1 Å². The molecule has 0 radical (unpaired) electrons. The van der Waals surface area contributed by atoms with Gasteiger partial charge in [0.15, 0.2) is 0 Å². The fourth-order valence-corrected chi connectivity index (χ4v) is 2.20. The van der Waals surface area contributed by atoms with Crippen molar-refractivity contribution in [3.8, 4) is 0 Å². The Labute approximate surface area is 87.7 Å². The lowest BCUT2D eigenvalue weighted by atomic mass is 9.87. The van der Waals surface area contributed by atoms with Crippen molar-refractivity contribution in [1.82, 2.24) is 0 Å². The molecule has 1 aliphatic rings. The molecule has 1 nitrogen and oxygen atoms in total. The number of thiol groups is 1. The summed E-state index contributed by atoms with van der Waals surface area (Å²) in [5.74, 6) is 0.905. The lowest BCUT2D eigenvalue weighted by Crippen LogP contribution is -2.16. The van der Waals surface area contributed by atoms with Crippen LogP contribution in [0.1, 0.15) is 46.0 Å². The molecule has 0 saturated heterocycles. The van der Waals surface area contributed by atoms with Crippen molar-refractivity contribution < 1.29 is 4.74 Å². The predicted molar refractivity (Wildman–Crippen MR) is 60.4 cm³/mol. The first-order valence-corrected chi connectivity index (χ1v) is 5.99. The van der Waals surface area contributed by atoms with Crippen LogP contribution in [-0.2, 0) is 4.74 Å². The van der Waals surface area contributed by atoms with Gasteiger partial charge in [0.05, 0.1) is 6.10 Å². The highest BCUT2D eigenvalue weighted by Crippen LogP contribution is 2.29. The number of hydrogen-bond acceptors (Lipinski definition) is 2. The van der Waals surface area contributed by atoms with Crippen LogP contribution in [0.3, 0.4) is 0 Å². The first-order valence-electron chi connectivity index (χ1n) is 5.48. The summed E-state index contributed by atoms with van der Waals surface area (Å²) < 4.78 is 5.55. The van der Waals surface area contributed by atoms with E-state index in [4.69, 9.17) is 4.74 Å². The molecule has 0 aromatic rings. The Morgan fingerprint density at radius 2 is 1.85 bits per heavy atom. The van der Waals surface area contributed by atoms with Gasteiger partial charge in [0.25, 0.3) is 0 Å². The van der Waals surface area contributed by atoms with Gasteiger partial charge in [-0.3, -0.25) is 0 Å². The highest BCUT2D eigenvalue weighted by molar-refractivity contribution is 7.80. The van der Waals surface area contributed by atoms with Crippen molar-refractivity contribution in [3.05, 3.63) is 0 Å². The third kappa shape index (κ3) is 4.92. The molecular formula is C11H22OS. The monoisotopic (exact) mass is 202 g/mol. The maximum absolute atomic E-state index is 5.55. The average molecular weight is 202 g/mol. The predicted octanol–water partition coefficient (Wildman–Crippen LogP) is 3.29. The second-order valence-corrected chi connectivity index (χ2v) is 5.11. The molecular weight excluding hydrogens is 180 g/mol. The highest BCUT2D eigenvalue weighted by Gasteiger charge is 2.18. The molecule has 78 valence electrons. The second-order valence-electron chi connectivity index (χ2n) is 4.38. The zero-order chi connectivity index (χ0) is 9.68. The Morgan fingerprint density at radius 3 is 2.38 bits per heavy atom. The third-order valence-corrected chi connectivity index (χ3v) is 3.31. The maximum Gasteiger partial charge on any atom is 0.0518 e. The normalized spacial score (nSPS) is 29.5. The van der Waals surface area contributed by atoms with Gasteiger partial charge in [0, 0.05) is 11.9 Å². The standard InChI is InChI=1S/C11H22OS/c1-9(2)12-8-7-10-3-5-11(13)6-4-10/h9-11,13H,3-8H2,1-2H3. The molecule has 0 aromatic carbocycles. The number of hydrogen-bond donors (Lipinski definition) is 1. The van der Waals surface area contributed by atoms with Gasteiger partial charge in [-0.05, 0) is 51.9 Å². The summed E-state index contributed by atoms with van der Waals surface area (Å²) in [6.07, 6.45) is 6.95. The summed E-state index contributed by atoms with van der Waals surface area (Å²) in [6.45, 7) is 5.15. The fraction of sp³-hybridized carbons (Fsp3) is 1.00. The van der Waals surface area contributed by atoms with Gasteiger partial charge in [-0.1, -0.05) is 0 Å². The van der Waals surface area contributed by atoms with E-state index in [2.05, 4.69) is 26.5 Å². The van der Waals surface area contributed by atoms with Crippen LogP contribution in [0.4, 0.5) is 0 Å². The van der Waals surface area contributed by atoms with E-state index in [0.717, 1.165) is 12.5 Å². The van der Waals surface area contributed by atoms with Crippen molar-refractivity contribution in [2.75, 3.05) is 6.61 Å². The van der Waals surface area contributed by atoms with Gasteiger partial charge in [0.1, 0.15) is 0 Å². The van der Waals surface area contributed by atoms with Crippen LogP contribution < -0.4 is 0 Å². The van der Waals surface area contributed by atoms with Gasteiger partial charge in [0.2, 0.25) is 0 Å². The molecule has 0 N–H and O–H groups in total. The summed E-state index contributed by atoms with van der Waals surface area (Å²) in [5, 5.41) is 0.669. The molecule has 2 heteroatoms. The molecule has 0 aromatic heterocycles. The molecule has 13 heavy (non-hydrogen) atoms. The molecule has 0 bridgehead atoms. The average Bonchev–Trinajstić information content (AvgIpc) is 2.08. The minimum atomic E-state index is 0.390. The van der Waals surface area contributed by atoms with E-state index in [1.54, 1.807) is 0 Å². The number of ether oxygens (including phenoxy) is 1. The topological polar surface area (TPSA) is 9.23 Å². The van der Waals surface area contributed by atoms with Crippen LogP contribution in [0.2, 0.25) is 0 Å². The molecule has 0 atom stereocenters. The Kier molecular flexibility index (Phi) is 5.18. The summed E-state index contributed by atoms with van der Waals surface area (Å²) in [6, 6.07) is 0. The van der Waals surface area contributed by atoms with Crippen LogP contribution in [0.25, 0.3) is 0 Å². The fourth-order valence-electron chi connectivity index (χ4n) is 1.90. The molecule has 0 aliphatic heterocycles. The number of rotatable bonds is 4. The summed E-state index contributed by atoms with van der Waals surface area (Å²) in [5.41, 5.74) is 0. The molecule has 0 unspecified atom stereocenters. The van der Waals surface area contributed by atoms with Gasteiger partial charge >= 0.3 is 0 Å². The van der Waals surface area contributed by atoms with Crippen molar-refractivity contribution in [2.45, 2.75) is 57.3 Å². The van der Waals surface area contributed by atoms with Crippen LogP contribution in [0.5, 0.6) is 0 Å². The van der Waals surface area contributed by atoms with Crippen molar-refractivity contribution in [1.29, 1.82) is 0 Å². The molecule has 0 heterocycles. The zero-order valence-electron chi connectivity index (χ0n) is 8.83. The lowest BCUT2D eigenvalue weighted by molar-refractivity contribution is 0.0650. The van der Waals surface area contributed by atoms with E-state index in [9.17, 15) is 0 Å². The summed E-state index contributed by atoms with van der Waals surface area (Å²) >= 11 is 4.49. The Balaban J connectivity index is 2.02. The van der Waals surface area contributed by atoms with E-state index >= 15 is 0 Å². The molecule has 1 rings (SSSR count). The van der Waals surface area contributed by atoms with Gasteiger partial charge in [-0.2, -0.15) is 12.6 Å². The quantitative estimate of drug-likeness (QED) is 0.688. The van der Waals surface area contributed by atoms with Crippen molar-refractivity contribution >= 4 is 12.6 Å². The third-order valence-electron chi connectivity index (χ3n) is 2.79. The second kappa shape index (κ2) is 5.92. The first-order chi connectivity index (χ1) is 6.18. The van der Waals surface area contributed by atoms with Crippen molar-refractivity contribution in [2.24, 2.45) is 5.92 Å².